The van der Waals surface area contributed by atoms with Crippen LogP contribution in [0.2, 0.25) is 0 Å². The SMILES string of the molecule is CC1(C)c2ccc(N(c3ccccc3)c3ccccc3-c3ccccc3-c3ccccc3)cc2-c2cc3cc(-c4ccccc4)ccc3cc21. The highest BCUT2D eigenvalue weighted by atomic mass is 15.1. The minimum atomic E-state index is -0.112. The van der Waals surface area contributed by atoms with Crippen LogP contribution in [0.4, 0.5) is 17.1 Å². The largest absolute Gasteiger partial charge is 0.310 e. The highest BCUT2D eigenvalue weighted by Crippen LogP contribution is 2.52. The molecule has 0 heterocycles. The van der Waals surface area contributed by atoms with Crippen LogP contribution < -0.4 is 4.90 Å². The Bertz CT molecular complexity index is 2490. The average molecular weight is 640 g/mol. The van der Waals surface area contributed by atoms with Crippen LogP contribution >= 0.6 is 0 Å². The first-order chi connectivity index (χ1) is 24.6. The molecule has 0 aliphatic heterocycles. The second-order valence-corrected chi connectivity index (χ2v) is 13.8. The van der Waals surface area contributed by atoms with Crippen LogP contribution in [0.15, 0.2) is 188 Å². The van der Waals surface area contributed by atoms with Crippen molar-refractivity contribution in [1.82, 2.24) is 0 Å². The van der Waals surface area contributed by atoms with Gasteiger partial charge in [-0.2, -0.15) is 0 Å². The van der Waals surface area contributed by atoms with Crippen molar-refractivity contribution in [3.05, 3.63) is 199 Å². The molecular weight excluding hydrogens is 603 g/mol. The summed E-state index contributed by atoms with van der Waals surface area (Å²) in [7, 11) is 0. The molecule has 0 saturated carbocycles. The summed E-state index contributed by atoms with van der Waals surface area (Å²) >= 11 is 0. The van der Waals surface area contributed by atoms with Gasteiger partial charge in [0.2, 0.25) is 0 Å². The summed E-state index contributed by atoms with van der Waals surface area (Å²) in [5, 5.41) is 2.54. The quantitative estimate of drug-likeness (QED) is 0.175. The van der Waals surface area contributed by atoms with Gasteiger partial charge in [0.15, 0.2) is 0 Å². The van der Waals surface area contributed by atoms with E-state index >= 15 is 0 Å². The summed E-state index contributed by atoms with van der Waals surface area (Å²) in [6.07, 6.45) is 0. The molecule has 0 spiro atoms. The summed E-state index contributed by atoms with van der Waals surface area (Å²) < 4.78 is 0. The van der Waals surface area contributed by atoms with Gasteiger partial charge in [-0.15, -0.1) is 0 Å². The van der Waals surface area contributed by atoms with Crippen molar-refractivity contribution in [3.8, 4) is 44.5 Å². The summed E-state index contributed by atoms with van der Waals surface area (Å²) in [6, 6.07) is 68.6. The van der Waals surface area contributed by atoms with E-state index in [0.717, 1.165) is 17.1 Å². The van der Waals surface area contributed by atoms with Crippen LogP contribution in [0.1, 0.15) is 25.0 Å². The Morgan fingerprint density at radius 1 is 0.340 bits per heavy atom. The summed E-state index contributed by atoms with van der Waals surface area (Å²) in [5.41, 5.74) is 16.0. The Morgan fingerprint density at radius 2 is 0.940 bits per heavy atom. The average Bonchev–Trinajstić information content (AvgIpc) is 3.39. The molecule has 1 nitrogen and oxygen atoms in total. The fourth-order valence-corrected chi connectivity index (χ4v) is 7.92. The molecule has 0 aromatic heterocycles. The zero-order valence-electron chi connectivity index (χ0n) is 28.3. The first-order valence-electron chi connectivity index (χ1n) is 17.4. The van der Waals surface area contributed by atoms with Crippen LogP contribution in [-0.4, -0.2) is 0 Å². The smallest absolute Gasteiger partial charge is 0.0540 e. The van der Waals surface area contributed by atoms with Gasteiger partial charge in [-0.05, 0) is 109 Å². The Morgan fingerprint density at radius 3 is 1.68 bits per heavy atom. The van der Waals surface area contributed by atoms with E-state index in [2.05, 4.69) is 207 Å². The van der Waals surface area contributed by atoms with Crippen LogP contribution in [0.5, 0.6) is 0 Å². The van der Waals surface area contributed by atoms with Crippen LogP contribution in [0.25, 0.3) is 55.3 Å². The predicted molar refractivity (Wildman–Crippen MR) is 213 cm³/mol. The molecule has 8 aromatic carbocycles. The van der Waals surface area contributed by atoms with Gasteiger partial charge < -0.3 is 4.90 Å². The molecule has 1 aliphatic carbocycles. The highest BCUT2D eigenvalue weighted by Gasteiger charge is 2.36. The topological polar surface area (TPSA) is 3.24 Å². The fourth-order valence-electron chi connectivity index (χ4n) is 7.92. The maximum absolute atomic E-state index is 2.43. The number of rotatable bonds is 6. The Kier molecular flexibility index (Phi) is 7.21. The van der Waals surface area contributed by atoms with Gasteiger partial charge >= 0.3 is 0 Å². The second kappa shape index (κ2) is 12.1. The Balaban J connectivity index is 1.23. The van der Waals surface area contributed by atoms with Crippen molar-refractivity contribution in [2.24, 2.45) is 0 Å². The van der Waals surface area contributed by atoms with Crippen LogP contribution in [0, 0.1) is 0 Å². The number of nitrogens with zero attached hydrogens (tertiary/aromatic N) is 1. The standard InChI is InChI=1S/C49H37N/c1-49(2)46-29-28-40(33-45(46)44-31-38-30-36(34-16-6-3-7-17-34)26-27-37(38)32-47(44)49)50(39-20-10-5-11-21-39)48-25-15-14-24-43(48)42-23-13-12-22-41(42)35-18-8-4-9-19-35/h3-33H,1-2H3. The lowest BCUT2D eigenvalue weighted by atomic mass is 9.81. The maximum atomic E-state index is 2.43. The summed E-state index contributed by atoms with van der Waals surface area (Å²) in [6.45, 7) is 4.73. The van der Waals surface area contributed by atoms with Gasteiger partial charge in [0.1, 0.15) is 0 Å². The molecule has 0 amide bonds. The number of fused-ring (bicyclic) bond motifs is 4. The van der Waals surface area contributed by atoms with Gasteiger partial charge in [0.25, 0.3) is 0 Å². The van der Waals surface area contributed by atoms with Gasteiger partial charge in [-0.1, -0.05) is 153 Å². The van der Waals surface area contributed by atoms with E-state index in [4.69, 9.17) is 0 Å². The lowest BCUT2D eigenvalue weighted by Crippen LogP contribution is -2.15. The molecule has 0 bridgehead atoms. The second-order valence-electron chi connectivity index (χ2n) is 13.8. The van der Waals surface area contributed by atoms with E-state index in [9.17, 15) is 0 Å². The van der Waals surface area contributed by atoms with Gasteiger partial charge in [-0.25, -0.2) is 0 Å². The number of para-hydroxylation sites is 2. The molecule has 0 fully saturated rings. The van der Waals surface area contributed by atoms with Crippen LogP contribution in [0.3, 0.4) is 0 Å². The zero-order valence-corrected chi connectivity index (χ0v) is 28.3. The molecule has 1 heteroatoms. The molecule has 0 saturated heterocycles. The number of anilines is 3. The van der Waals surface area contributed by atoms with E-state index in [1.807, 2.05) is 0 Å². The molecule has 0 radical (unpaired) electrons. The third kappa shape index (κ3) is 5.02. The van der Waals surface area contributed by atoms with E-state index in [1.54, 1.807) is 0 Å². The van der Waals surface area contributed by atoms with Crippen molar-refractivity contribution in [3.63, 3.8) is 0 Å². The monoisotopic (exact) mass is 639 g/mol. The summed E-state index contributed by atoms with van der Waals surface area (Å²) in [4.78, 5) is 2.43. The third-order valence-electron chi connectivity index (χ3n) is 10.4. The van der Waals surface area contributed by atoms with Crippen molar-refractivity contribution < 1.29 is 0 Å². The fraction of sp³-hybridized carbons (Fsp3) is 0.0612. The van der Waals surface area contributed by atoms with Gasteiger partial charge in [0, 0.05) is 22.4 Å². The minimum absolute atomic E-state index is 0.112. The molecule has 0 unspecified atom stereocenters. The normalized spacial score (nSPS) is 12.8. The minimum Gasteiger partial charge on any atom is -0.310 e. The van der Waals surface area contributed by atoms with Crippen molar-refractivity contribution in [1.29, 1.82) is 0 Å². The molecule has 0 atom stereocenters. The lowest BCUT2D eigenvalue weighted by molar-refractivity contribution is 0.661. The molecule has 50 heavy (non-hydrogen) atoms. The Hall–Kier alpha value is -6.18. The molecule has 9 rings (SSSR count). The molecule has 1 aliphatic rings. The molecule has 0 N–H and O–H groups in total. The first-order valence-corrected chi connectivity index (χ1v) is 17.4. The van der Waals surface area contributed by atoms with E-state index in [1.165, 1.54) is 66.4 Å². The van der Waals surface area contributed by atoms with Gasteiger partial charge in [0.05, 0.1) is 5.69 Å². The summed E-state index contributed by atoms with van der Waals surface area (Å²) in [5.74, 6) is 0. The molecule has 8 aromatic rings. The predicted octanol–water partition coefficient (Wildman–Crippen LogP) is 13.6. The van der Waals surface area contributed by atoms with Crippen molar-refractivity contribution in [2.75, 3.05) is 4.90 Å². The van der Waals surface area contributed by atoms with Crippen LogP contribution in [-0.2, 0) is 5.41 Å². The highest BCUT2D eigenvalue weighted by molar-refractivity contribution is 5.98. The third-order valence-corrected chi connectivity index (χ3v) is 10.4. The van der Waals surface area contributed by atoms with E-state index < -0.39 is 0 Å². The zero-order chi connectivity index (χ0) is 33.7. The van der Waals surface area contributed by atoms with E-state index in [0.29, 0.717) is 0 Å². The number of hydrogen-bond donors (Lipinski definition) is 0. The van der Waals surface area contributed by atoms with Crippen molar-refractivity contribution >= 4 is 27.8 Å². The number of hydrogen-bond acceptors (Lipinski definition) is 1. The van der Waals surface area contributed by atoms with Crippen molar-refractivity contribution in [2.45, 2.75) is 19.3 Å². The lowest BCUT2D eigenvalue weighted by Gasteiger charge is -2.29. The maximum Gasteiger partial charge on any atom is 0.0540 e. The van der Waals surface area contributed by atoms with E-state index in [-0.39, 0.29) is 5.41 Å². The van der Waals surface area contributed by atoms with Gasteiger partial charge in [-0.3, -0.25) is 0 Å². The number of benzene rings is 8. The Labute approximate surface area is 294 Å². The molecular formula is C49H37N. The molecule has 238 valence electrons. The first kappa shape index (κ1) is 29.9.